The number of aromatic nitrogens is 1. The topological polar surface area (TPSA) is 103 Å². The van der Waals surface area contributed by atoms with Gasteiger partial charge in [-0.2, -0.15) is 4.31 Å². The molecule has 2 amide bonds. The second kappa shape index (κ2) is 8.54. The van der Waals surface area contributed by atoms with E-state index in [1.807, 2.05) is 12.1 Å². The minimum Gasteiger partial charge on any atom is -0.354 e. The van der Waals surface area contributed by atoms with Crippen molar-refractivity contribution in [1.82, 2.24) is 24.4 Å². The van der Waals surface area contributed by atoms with Crippen molar-refractivity contribution in [2.45, 2.75) is 19.4 Å². The van der Waals surface area contributed by atoms with Gasteiger partial charge in [-0.3, -0.25) is 19.5 Å². The van der Waals surface area contributed by atoms with Crippen LogP contribution in [-0.2, 0) is 26.2 Å². The monoisotopic (exact) mass is 409 g/mol. The van der Waals surface area contributed by atoms with Crippen LogP contribution in [0.2, 0.25) is 0 Å². The summed E-state index contributed by atoms with van der Waals surface area (Å²) < 4.78 is 24.6. The summed E-state index contributed by atoms with van der Waals surface area (Å²) >= 11 is 0. The van der Waals surface area contributed by atoms with Crippen LogP contribution in [0.4, 0.5) is 0 Å². The zero-order valence-corrected chi connectivity index (χ0v) is 17.1. The lowest BCUT2D eigenvalue weighted by Crippen LogP contribution is -2.50. The summed E-state index contributed by atoms with van der Waals surface area (Å²) in [5.41, 5.74) is 1.64. The lowest BCUT2D eigenvalue weighted by atomic mass is 9.94. The molecular formula is C18H27N5O4S. The summed E-state index contributed by atoms with van der Waals surface area (Å²) in [5.74, 6) is -0.673. The molecule has 3 rings (SSSR count). The van der Waals surface area contributed by atoms with Crippen molar-refractivity contribution in [2.75, 3.05) is 52.1 Å². The summed E-state index contributed by atoms with van der Waals surface area (Å²) in [5, 5.41) is 2.95. The van der Waals surface area contributed by atoms with Crippen molar-refractivity contribution in [3.05, 3.63) is 29.6 Å². The third kappa shape index (κ3) is 4.86. The van der Waals surface area contributed by atoms with Crippen molar-refractivity contribution < 1.29 is 18.0 Å². The summed E-state index contributed by atoms with van der Waals surface area (Å²) in [6.07, 6.45) is 2.90. The molecule has 1 fully saturated rings. The van der Waals surface area contributed by atoms with Crippen molar-refractivity contribution in [2.24, 2.45) is 0 Å². The number of carbonyl (C=O) groups is 2. The zero-order valence-electron chi connectivity index (χ0n) is 16.3. The molecule has 3 heterocycles. The number of nitrogens with one attached hydrogen (secondary N) is 1. The molecule has 1 saturated heterocycles. The molecular weight excluding hydrogens is 382 g/mol. The highest BCUT2D eigenvalue weighted by molar-refractivity contribution is 7.88. The van der Waals surface area contributed by atoms with Crippen LogP contribution < -0.4 is 5.32 Å². The SMILES string of the molecule is CC(=O)N1Cc2cccnc2C(C(=O)NCCN2CCN(S(C)(=O)=O)CC2)C1. The van der Waals surface area contributed by atoms with Crippen LogP contribution in [0.5, 0.6) is 0 Å². The second-order valence-corrected chi connectivity index (χ2v) is 9.28. The van der Waals surface area contributed by atoms with Gasteiger partial charge in [0.25, 0.3) is 0 Å². The molecule has 1 aromatic heterocycles. The Hall–Kier alpha value is -2.04. The average molecular weight is 410 g/mol. The van der Waals surface area contributed by atoms with Gasteiger partial charge in [-0.15, -0.1) is 0 Å². The molecule has 1 aromatic rings. The first-order chi connectivity index (χ1) is 13.3. The Bertz CT molecular complexity index is 836. The van der Waals surface area contributed by atoms with Crippen LogP contribution in [0.15, 0.2) is 18.3 Å². The second-order valence-electron chi connectivity index (χ2n) is 7.29. The van der Waals surface area contributed by atoms with E-state index in [1.165, 1.54) is 17.5 Å². The van der Waals surface area contributed by atoms with E-state index >= 15 is 0 Å². The van der Waals surface area contributed by atoms with E-state index in [1.54, 1.807) is 11.1 Å². The van der Waals surface area contributed by atoms with Gasteiger partial charge in [0.2, 0.25) is 21.8 Å². The predicted molar refractivity (Wildman–Crippen MR) is 104 cm³/mol. The van der Waals surface area contributed by atoms with Crippen LogP contribution in [0, 0.1) is 0 Å². The Balaban J connectivity index is 1.53. The van der Waals surface area contributed by atoms with Crippen molar-refractivity contribution >= 4 is 21.8 Å². The minimum absolute atomic E-state index is 0.0592. The molecule has 10 heteroatoms. The van der Waals surface area contributed by atoms with Gasteiger partial charge in [0.15, 0.2) is 0 Å². The van der Waals surface area contributed by atoms with Gasteiger partial charge < -0.3 is 10.2 Å². The molecule has 9 nitrogen and oxygen atoms in total. The van der Waals surface area contributed by atoms with Gasteiger partial charge in [-0.1, -0.05) is 6.07 Å². The third-order valence-corrected chi connectivity index (χ3v) is 6.61. The van der Waals surface area contributed by atoms with E-state index < -0.39 is 15.9 Å². The van der Waals surface area contributed by atoms with Crippen LogP contribution in [0.1, 0.15) is 24.1 Å². The summed E-state index contributed by atoms with van der Waals surface area (Å²) in [4.78, 5) is 32.7. The van der Waals surface area contributed by atoms with Crippen LogP contribution in [0.25, 0.3) is 0 Å². The van der Waals surface area contributed by atoms with E-state index in [4.69, 9.17) is 0 Å². The van der Waals surface area contributed by atoms with E-state index in [9.17, 15) is 18.0 Å². The standard InChI is InChI=1S/C18H27N5O4S/c1-14(24)22-12-15-4-3-5-19-17(15)16(13-22)18(25)20-6-7-21-8-10-23(11-9-21)28(2,26)27/h3-5,16H,6-13H2,1-2H3,(H,20,25). The Labute approximate surface area is 165 Å². The maximum absolute atomic E-state index is 12.8. The number of nitrogens with zero attached hydrogens (tertiary/aromatic N) is 4. The number of rotatable bonds is 5. The highest BCUT2D eigenvalue weighted by Gasteiger charge is 2.32. The van der Waals surface area contributed by atoms with E-state index in [0.717, 1.165) is 11.3 Å². The molecule has 154 valence electrons. The molecule has 0 aromatic carbocycles. The zero-order chi connectivity index (χ0) is 20.3. The number of amides is 2. The van der Waals surface area contributed by atoms with Gasteiger partial charge in [-0.05, 0) is 11.6 Å². The third-order valence-electron chi connectivity index (χ3n) is 5.31. The van der Waals surface area contributed by atoms with Gasteiger partial charge in [0.05, 0.1) is 17.9 Å². The number of piperazine rings is 1. The average Bonchev–Trinajstić information content (AvgIpc) is 2.66. The largest absolute Gasteiger partial charge is 0.354 e. The highest BCUT2D eigenvalue weighted by atomic mass is 32.2. The first-order valence-corrected chi connectivity index (χ1v) is 11.2. The van der Waals surface area contributed by atoms with Crippen LogP contribution in [0.3, 0.4) is 0 Å². The fourth-order valence-electron chi connectivity index (χ4n) is 3.67. The van der Waals surface area contributed by atoms with Crippen LogP contribution >= 0.6 is 0 Å². The number of carbonyl (C=O) groups excluding carboxylic acids is 2. The maximum atomic E-state index is 12.8. The lowest BCUT2D eigenvalue weighted by Gasteiger charge is -2.34. The van der Waals surface area contributed by atoms with Gasteiger partial charge >= 0.3 is 0 Å². The van der Waals surface area contributed by atoms with Gasteiger partial charge in [0, 0.05) is 65.5 Å². The molecule has 28 heavy (non-hydrogen) atoms. The van der Waals surface area contributed by atoms with Crippen molar-refractivity contribution in [3.8, 4) is 0 Å². The fourth-order valence-corrected chi connectivity index (χ4v) is 4.49. The number of sulfonamides is 1. The van der Waals surface area contributed by atoms with Gasteiger partial charge in [0.1, 0.15) is 0 Å². The smallest absolute Gasteiger partial charge is 0.231 e. The van der Waals surface area contributed by atoms with Crippen molar-refractivity contribution in [3.63, 3.8) is 0 Å². The molecule has 0 spiro atoms. The predicted octanol–water partition coefficient (Wildman–Crippen LogP) is -0.779. The molecule has 1 N–H and O–H groups in total. The molecule has 0 radical (unpaired) electrons. The summed E-state index contributed by atoms with van der Waals surface area (Å²) in [7, 11) is -3.14. The number of fused-ring (bicyclic) bond motifs is 1. The molecule has 0 saturated carbocycles. The molecule has 1 unspecified atom stereocenters. The minimum atomic E-state index is -3.14. The fraction of sp³-hybridized carbons (Fsp3) is 0.611. The molecule has 0 aliphatic carbocycles. The normalized spacial score (nSPS) is 21.2. The Kier molecular flexibility index (Phi) is 6.31. The van der Waals surface area contributed by atoms with E-state index in [2.05, 4.69) is 15.2 Å². The first kappa shape index (κ1) is 20.7. The highest BCUT2D eigenvalue weighted by Crippen LogP contribution is 2.26. The number of hydrogen-bond donors (Lipinski definition) is 1. The van der Waals surface area contributed by atoms with Crippen LogP contribution in [-0.4, -0.2) is 91.4 Å². The van der Waals surface area contributed by atoms with Gasteiger partial charge in [-0.25, -0.2) is 8.42 Å². The Morgan fingerprint density at radius 1 is 1.25 bits per heavy atom. The Morgan fingerprint density at radius 2 is 1.96 bits per heavy atom. The van der Waals surface area contributed by atoms with E-state index in [0.29, 0.717) is 52.4 Å². The quantitative estimate of drug-likeness (QED) is 0.685. The molecule has 2 aliphatic rings. The van der Waals surface area contributed by atoms with E-state index in [-0.39, 0.29) is 11.8 Å². The summed E-state index contributed by atoms with van der Waals surface area (Å²) in [6.45, 7) is 5.68. The maximum Gasteiger partial charge on any atom is 0.231 e. The molecule has 0 bridgehead atoms. The van der Waals surface area contributed by atoms with Crippen molar-refractivity contribution in [1.29, 1.82) is 0 Å². The summed E-state index contributed by atoms with van der Waals surface area (Å²) in [6, 6.07) is 3.71. The first-order valence-electron chi connectivity index (χ1n) is 9.40. The Morgan fingerprint density at radius 3 is 2.61 bits per heavy atom. The number of pyridine rings is 1. The number of hydrogen-bond acceptors (Lipinski definition) is 6. The molecule has 1 atom stereocenters. The molecule has 2 aliphatic heterocycles. The lowest BCUT2D eigenvalue weighted by molar-refractivity contribution is -0.131.